The molecule has 0 radical (unpaired) electrons. The minimum atomic E-state index is 0.0844. The van der Waals surface area contributed by atoms with Gasteiger partial charge in [-0.2, -0.15) is 5.10 Å². The number of aromatic amines is 1. The molecule has 0 spiro atoms. The third-order valence-electron chi connectivity index (χ3n) is 3.98. The number of hydrogen-bond donors (Lipinski definition) is 2. The molecule has 1 aromatic rings. The van der Waals surface area contributed by atoms with Crippen molar-refractivity contribution in [3.63, 3.8) is 0 Å². The maximum Gasteiger partial charge on any atom is 0.222 e. The normalized spacial score (nSPS) is 17.5. The van der Waals surface area contributed by atoms with E-state index in [0.717, 1.165) is 39.0 Å². The van der Waals surface area contributed by atoms with Crippen LogP contribution in [-0.4, -0.2) is 40.6 Å². The van der Waals surface area contributed by atoms with Crippen LogP contribution in [0.25, 0.3) is 0 Å². The van der Waals surface area contributed by atoms with Gasteiger partial charge in [-0.05, 0) is 18.9 Å². The van der Waals surface area contributed by atoms with Crippen LogP contribution in [0.1, 0.15) is 51.8 Å². The predicted octanol–water partition coefficient (Wildman–Crippen LogP) is 2.06. The average Bonchev–Trinajstić information content (AvgIpc) is 2.99. The molecule has 2 N–H and O–H groups in total. The van der Waals surface area contributed by atoms with Crippen LogP contribution in [0.5, 0.6) is 0 Å². The Morgan fingerprint density at radius 3 is 2.86 bits per heavy atom. The van der Waals surface area contributed by atoms with Crippen LogP contribution in [0.3, 0.4) is 0 Å². The Hall–Kier alpha value is -1.36. The maximum atomic E-state index is 11.6. The van der Waals surface area contributed by atoms with Crippen molar-refractivity contribution in [1.29, 1.82) is 0 Å². The fraction of sp³-hybridized carbons (Fsp3) is 0.750. The van der Waals surface area contributed by atoms with E-state index in [2.05, 4.69) is 43.2 Å². The smallest absolute Gasteiger partial charge is 0.222 e. The molecule has 1 aliphatic heterocycles. The Morgan fingerprint density at radius 1 is 1.48 bits per heavy atom. The fourth-order valence-electron chi connectivity index (χ4n) is 2.89. The van der Waals surface area contributed by atoms with Crippen LogP contribution in [0.15, 0.2) is 6.20 Å². The van der Waals surface area contributed by atoms with Crippen LogP contribution in [-0.2, 0) is 16.8 Å². The zero-order valence-corrected chi connectivity index (χ0v) is 13.7. The third kappa shape index (κ3) is 4.30. The van der Waals surface area contributed by atoms with Crippen LogP contribution < -0.4 is 5.32 Å². The van der Waals surface area contributed by atoms with E-state index in [4.69, 9.17) is 0 Å². The predicted molar refractivity (Wildman–Crippen MR) is 84.0 cm³/mol. The van der Waals surface area contributed by atoms with Crippen molar-refractivity contribution in [3.8, 4) is 0 Å². The van der Waals surface area contributed by atoms with Crippen LogP contribution in [0.4, 0.5) is 0 Å². The van der Waals surface area contributed by atoms with Gasteiger partial charge in [0, 0.05) is 42.7 Å². The van der Waals surface area contributed by atoms with Crippen LogP contribution >= 0.6 is 0 Å². The lowest BCUT2D eigenvalue weighted by atomic mass is 9.89. The van der Waals surface area contributed by atoms with Crippen molar-refractivity contribution in [2.24, 2.45) is 5.92 Å². The first-order valence-corrected chi connectivity index (χ1v) is 7.89. The monoisotopic (exact) mass is 292 g/mol. The molecular weight excluding hydrogens is 264 g/mol. The number of amides is 1. The highest BCUT2D eigenvalue weighted by Crippen LogP contribution is 2.23. The molecule has 1 fully saturated rings. The molecule has 118 valence electrons. The van der Waals surface area contributed by atoms with Crippen molar-refractivity contribution < 1.29 is 4.79 Å². The van der Waals surface area contributed by atoms with Crippen LogP contribution in [0.2, 0.25) is 0 Å². The summed E-state index contributed by atoms with van der Waals surface area (Å²) in [4.78, 5) is 13.6. The second-order valence-corrected chi connectivity index (χ2v) is 7.20. The second kappa shape index (κ2) is 6.60. The summed E-state index contributed by atoms with van der Waals surface area (Å²) in [5, 5.41) is 10.8. The zero-order chi connectivity index (χ0) is 15.5. The van der Waals surface area contributed by atoms with Gasteiger partial charge in [-0.25, -0.2) is 0 Å². The van der Waals surface area contributed by atoms with Crippen molar-refractivity contribution in [2.45, 2.75) is 52.5 Å². The number of hydrogen-bond acceptors (Lipinski definition) is 3. The van der Waals surface area contributed by atoms with Gasteiger partial charge in [-0.15, -0.1) is 0 Å². The van der Waals surface area contributed by atoms with Gasteiger partial charge in [0.05, 0.1) is 6.20 Å². The molecule has 0 aliphatic carbocycles. The highest BCUT2D eigenvalue weighted by Gasteiger charge is 2.22. The van der Waals surface area contributed by atoms with Gasteiger partial charge in [-0.1, -0.05) is 27.7 Å². The first-order valence-electron chi connectivity index (χ1n) is 7.89. The molecule has 1 saturated heterocycles. The van der Waals surface area contributed by atoms with E-state index in [1.165, 1.54) is 11.3 Å². The Kier molecular flexibility index (Phi) is 5.04. The zero-order valence-electron chi connectivity index (χ0n) is 13.7. The van der Waals surface area contributed by atoms with E-state index in [9.17, 15) is 4.79 Å². The van der Waals surface area contributed by atoms with E-state index < -0.39 is 0 Å². The summed E-state index contributed by atoms with van der Waals surface area (Å²) in [6.45, 7) is 12.3. The molecule has 1 aromatic heterocycles. The molecule has 1 unspecified atom stereocenters. The maximum absolute atomic E-state index is 11.6. The lowest BCUT2D eigenvalue weighted by molar-refractivity contribution is -0.128. The molecule has 0 bridgehead atoms. The van der Waals surface area contributed by atoms with E-state index in [-0.39, 0.29) is 5.41 Å². The van der Waals surface area contributed by atoms with Gasteiger partial charge in [-0.3, -0.25) is 9.89 Å². The van der Waals surface area contributed by atoms with Crippen molar-refractivity contribution in [1.82, 2.24) is 20.4 Å². The molecule has 5 nitrogen and oxygen atoms in total. The number of carbonyl (C=O) groups is 1. The standard InChI is InChI=1S/C16H28N4O/c1-12(11-20-7-5-6-14(20)21)8-17-9-13-10-18-19-15(13)16(2,3)4/h10,12,17H,5-9,11H2,1-4H3,(H,18,19). The molecule has 21 heavy (non-hydrogen) atoms. The molecule has 1 atom stereocenters. The van der Waals surface area contributed by atoms with Gasteiger partial charge >= 0.3 is 0 Å². The largest absolute Gasteiger partial charge is 0.342 e. The quantitative estimate of drug-likeness (QED) is 0.843. The van der Waals surface area contributed by atoms with Crippen molar-refractivity contribution >= 4 is 5.91 Å². The third-order valence-corrected chi connectivity index (χ3v) is 3.98. The fourth-order valence-corrected chi connectivity index (χ4v) is 2.89. The summed E-state index contributed by atoms with van der Waals surface area (Å²) in [5.74, 6) is 0.781. The molecule has 2 heterocycles. The number of carbonyl (C=O) groups excluding carboxylic acids is 1. The summed E-state index contributed by atoms with van der Waals surface area (Å²) in [6, 6.07) is 0. The summed E-state index contributed by atoms with van der Waals surface area (Å²) in [7, 11) is 0. The van der Waals surface area contributed by atoms with Crippen molar-refractivity contribution in [3.05, 3.63) is 17.5 Å². The van der Waals surface area contributed by atoms with Gasteiger partial charge in [0.15, 0.2) is 0 Å². The number of nitrogens with one attached hydrogen (secondary N) is 2. The highest BCUT2D eigenvalue weighted by atomic mass is 16.2. The van der Waals surface area contributed by atoms with Gasteiger partial charge in [0.25, 0.3) is 0 Å². The lowest BCUT2D eigenvalue weighted by Gasteiger charge is -2.22. The molecule has 1 aliphatic rings. The molecule has 0 saturated carbocycles. The Morgan fingerprint density at radius 2 is 2.24 bits per heavy atom. The first-order chi connectivity index (χ1) is 9.88. The summed E-state index contributed by atoms with van der Waals surface area (Å²) in [5.41, 5.74) is 2.51. The minimum absolute atomic E-state index is 0.0844. The van der Waals surface area contributed by atoms with E-state index >= 15 is 0 Å². The first kappa shape index (κ1) is 16.0. The Balaban J connectivity index is 1.76. The van der Waals surface area contributed by atoms with Gasteiger partial charge < -0.3 is 10.2 Å². The Labute approximate surface area is 127 Å². The number of likely N-dealkylation sites (tertiary alicyclic amines) is 1. The van der Waals surface area contributed by atoms with E-state index in [0.29, 0.717) is 11.8 Å². The van der Waals surface area contributed by atoms with Crippen molar-refractivity contribution in [2.75, 3.05) is 19.6 Å². The highest BCUT2D eigenvalue weighted by molar-refractivity contribution is 5.78. The average molecular weight is 292 g/mol. The molecule has 0 aromatic carbocycles. The lowest BCUT2D eigenvalue weighted by Crippen LogP contribution is -2.34. The number of nitrogens with zero attached hydrogens (tertiary/aromatic N) is 2. The SMILES string of the molecule is CC(CNCc1cn[nH]c1C(C)(C)C)CN1CCCC1=O. The van der Waals surface area contributed by atoms with E-state index in [1.807, 2.05) is 11.1 Å². The second-order valence-electron chi connectivity index (χ2n) is 7.20. The Bertz CT molecular complexity index is 475. The van der Waals surface area contributed by atoms with Gasteiger partial charge in [0.1, 0.15) is 0 Å². The molecule has 2 rings (SSSR count). The number of H-pyrrole nitrogens is 1. The molecule has 5 heteroatoms. The topological polar surface area (TPSA) is 61.0 Å². The molecular formula is C16H28N4O. The number of aromatic nitrogens is 2. The molecule has 1 amide bonds. The number of rotatable bonds is 6. The minimum Gasteiger partial charge on any atom is -0.342 e. The van der Waals surface area contributed by atoms with Crippen LogP contribution in [0, 0.1) is 5.92 Å². The summed E-state index contributed by atoms with van der Waals surface area (Å²) < 4.78 is 0. The summed E-state index contributed by atoms with van der Waals surface area (Å²) >= 11 is 0. The van der Waals surface area contributed by atoms with E-state index in [1.54, 1.807) is 0 Å². The summed E-state index contributed by atoms with van der Waals surface area (Å²) in [6.07, 6.45) is 3.65. The van der Waals surface area contributed by atoms with Gasteiger partial charge in [0.2, 0.25) is 5.91 Å².